The molecule has 0 aliphatic heterocycles. The molecule has 0 aliphatic carbocycles. The van der Waals surface area contributed by atoms with Gasteiger partial charge in [0.2, 0.25) is 0 Å². The molecule has 0 spiro atoms. The molecule has 4 rings (SSSR count). The van der Waals surface area contributed by atoms with Gasteiger partial charge in [-0.05, 0) is 48.0 Å². The predicted molar refractivity (Wildman–Crippen MR) is 126 cm³/mol. The summed E-state index contributed by atoms with van der Waals surface area (Å²) in [6.07, 6.45) is 1.46. The number of ether oxygens (including phenoxy) is 2. The number of hydrazone groups is 1. The van der Waals surface area contributed by atoms with Gasteiger partial charge in [-0.25, -0.2) is 10.2 Å². The first-order valence-corrected chi connectivity index (χ1v) is 10.7. The number of nitrogens with zero attached hydrogens (tertiary/aromatic N) is 1. The maximum absolute atomic E-state index is 12.6. The van der Waals surface area contributed by atoms with Crippen molar-refractivity contribution in [3.8, 4) is 11.5 Å². The fraction of sp³-hybridized carbons (Fsp3) is 0.0417. The van der Waals surface area contributed by atoms with Crippen LogP contribution in [0.25, 0.3) is 10.1 Å². The van der Waals surface area contributed by atoms with Crippen molar-refractivity contribution in [1.29, 1.82) is 0 Å². The summed E-state index contributed by atoms with van der Waals surface area (Å²) in [5.41, 5.74) is 3.56. The molecule has 6 nitrogen and oxygen atoms in total. The summed E-state index contributed by atoms with van der Waals surface area (Å²) in [4.78, 5) is 25.1. The first-order valence-electron chi connectivity index (χ1n) is 9.52. The van der Waals surface area contributed by atoms with E-state index in [1.54, 1.807) is 55.6 Å². The predicted octanol–water partition coefficient (Wildman–Crippen LogP) is 5.55. The Balaban J connectivity index is 1.42. The van der Waals surface area contributed by atoms with E-state index >= 15 is 0 Å². The molecule has 0 atom stereocenters. The average Bonchev–Trinajstić information content (AvgIpc) is 3.16. The number of hydrogen-bond acceptors (Lipinski definition) is 6. The minimum atomic E-state index is -0.530. The monoisotopic (exact) mass is 464 g/mol. The Labute approximate surface area is 193 Å². The molecule has 3 aromatic carbocycles. The molecular formula is C24H17ClN2O4S. The first kappa shape index (κ1) is 21.5. The van der Waals surface area contributed by atoms with Crippen LogP contribution in [-0.2, 0) is 0 Å². The van der Waals surface area contributed by atoms with Crippen LogP contribution in [0.3, 0.4) is 0 Å². The number of rotatable bonds is 6. The molecule has 160 valence electrons. The smallest absolute Gasteiger partial charge is 0.355 e. The van der Waals surface area contributed by atoms with E-state index < -0.39 is 5.97 Å². The lowest BCUT2D eigenvalue weighted by Crippen LogP contribution is -2.17. The number of hydrogen-bond donors (Lipinski definition) is 1. The van der Waals surface area contributed by atoms with Crippen molar-refractivity contribution in [2.45, 2.75) is 0 Å². The van der Waals surface area contributed by atoms with E-state index in [1.807, 2.05) is 24.3 Å². The molecule has 0 saturated heterocycles. The Kier molecular flexibility index (Phi) is 6.49. The van der Waals surface area contributed by atoms with Crippen LogP contribution in [0.4, 0.5) is 0 Å². The number of benzene rings is 3. The number of carbonyl (C=O) groups excluding carboxylic acids is 2. The average molecular weight is 465 g/mol. The standard InChI is InChI=1S/C24H17ClN2O4S/c1-30-17-11-9-16(10-12-17)23(28)27-26-14-15-5-4-6-18(13-15)31-24(29)22-21(25)19-7-2-3-8-20(19)32-22/h2-14H,1H3,(H,27,28). The number of esters is 1. The molecule has 1 N–H and O–H groups in total. The molecule has 32 heavy (non-hydrogen) atoms. The molecule has 0 unspecified atom stereocenters. The second kappa shape index (κ2) is 9.64. The molecular weight excluding hydrogens is 448 g/mol. The number of thiophene rings is 1. The van der Waals surface area contributed by atoms with Crippen LogP contribution in [0.2, 0.25) is 5.02 Å². The van der Waals surface area contributed by atoms with E-state index in [0.29, 0.717) is 32.5 Å². The van der Waals surface area contributed by atoms with Crippen molar-refractivity contribution in [3.05, 3.63) is 93.8 Å². The van der Waals surface area contributed by atoms with Gasteiger partial charge in [0.05, 0.1) is 18.3 Å². The molecule has 0 fully saturated rings. The van der Waals surface area contributed by atoms with E-state index in [0.717, 1.165) is 10.1 Å². The van der Waals surface area contributed by atoms with Gasteiger partial charge in [0.1, 0.15) is 16.4 Å². The normalized spacial score (nSPS) is 10.9. The molecule has 8 heteroatoms. The van der Waals surface area contributed by atoms with Gasteiger partial charge in [-0.15, -0.1) is 11.3 Å². The highest BCUT2D eigenvalue weighted by molar-refractivity contribution is 7.21. The van der Waals surface area contributed by atoms with Crippen molar-refractivity contribution >= 4 is 51.1 Å². The van der Waals surface area contributed by atoms with Gasteiger partial charge in [0.15, 0.2) is 0 Å². The third kappa shape index (κ3) is 4.80. The topological polar surface area (TPSA) is 77.0 Å². The summed E-state index contributed by atoms with van der Waals surface area (Å²) in [7, 11) is 1.56. The number of fused-ring (bicyclic) bond motifs is 1. The maximum atomic E-state index is 12.6. The minimum absolute atomic E-state index is 0.342. The molecule has 4 aromatic rings. The van der Waals surface area contributed by atoms with Gasteiger partial charge in [-0.3, -0.25) is 4.79 Å². The highest BCUT2D eigenvalue weighted by atomic mass is 35.5. The molecule has 0 bridgehead atoms. The molecule has 0 radical (unpaired) electrons. The fourth-order valence-electron chi connectivity index (χ4n) is 2.93. The van der Waals surface area contributed by atoms with Gasteiger partial charge >= 0.3 is 5.97 Å². The highest BCUT2D eigenvalue weighted by Crippen LogP contribution is 2.35. The number of nitrogens with one attached hydrogen (secondary N) is 1. The molecule has 1 heterocycles. The van der Waals surface area contributed by atoms with E-state index in [2.05, 4.69) is 10.5 Å². The van der Waals surface area contributed by atoms with Crippen LogP contribution in [-0.4, -0.2) is 25.2 Å². The third-order valence-corrected chi connectivity index (χ3v) is 6.18. The summed E-state index contributed by atoms with van der Waals surface area (Å²) < 4.78 is 11.5. The van der Waals surface area contributed by atoms with Crippen molar-refractivity contribution in [2.75, 3.05) is 7.11 Å². The van der Waals surface area contributed by atoms with Crippen LogP contribution in [0.1, 0.15) is 25.6 Å². The SMILES string of the molecule is COc1ccc(C(=O)NN=Cc2cccc(OC(=O)c3sc4ccccc4c3Cl)c2)cc1. The highest BCUT2D eigenvalue weighted by Gasteiger charge is 2.19. The van der Waals surface area contributed by atoms with Crippen molar-refractivity contribution in [1.82, 2.24) is 5.43 Å². The number of amides is 1. The maximum Gasteiger partial charge on any atom is 0.355 e. The zero-order valence-electron chi connectivity index (χ0n) is 16.9. The van der Waals surface area contributed by atoms with Gasteiger partial charge in [-0.2, -0.15) is 5.10 Å². The zero-order chi connectivity index (χ0) is 22.5. The Bertz CT molecular complexity index is 1320. The lowest BCUT2D eigenvalue weighted by atomic mass is 10.2. The molecule has 0 saturated carbocycles. The summed E-state index contributed by atoms with van der Waals surface area (Å²) in [6, 6.07) is 21.0. The summed E-state index contributed by atoms with van der Waals surface area (Å²) in [5, 5.41) is 5.17. The van der Waals surface area contributed by atoms with Crippen molar-refractivity contribution in [2.24, 2.45) is 5.10 Å². The van der Waals surface area contributed by atoms with E-state index in [9.17, 15) is 9.59 Å². The summed E-state index contributed by atoms with van der Waals surface area (Å²) in [5.74, 6) is 0.117. The second-order valence-corrected chi connectivity index (χ2v) is 8.06. The van der Waals surface area contributed by atoms with Crippen LogP contribution in [0.5, 0.6) is 11.5 Å². The quantitative estimate of drug-likeness (QED) is 0.176. The van der Waals surface area contributed by atoms with Gasteiger partial charge in [0.25, 0.3) is 5.91 Å². The van der Waals surface area contributed by atoms with Gasteiger partial charge in [0, 0.05) is 15.6 Å². The van der Waals surface area contributed by atoms with E-state index in [-0.39, 0.29) is 5.91 Å². The van der Waals surface area contributed by atoms with Gasteiger partial charge < -0.3 is 9.47 Å². The molecule has 0 aliphatic rings. The summed E-state index contributed by atoms with van der Waals surface area (Å²) >= 11 is 7.64. The van der Waals surface area contributed by atoms with E-state index in [1.165, 1.54) is 17.6 Å². The lowest BCUT2D eigenvalue weighted by Gasteiger charge is -2.04. The van der Waals surface area contributed by atoms with E-state index in [4.69, 9.17) is 21.1 Å². The Morgan fingerprint density at radius 2 is 1.78 bits per heavy atom. The number of methoxy groups -OCH3 is 1. The lowest BCUT2D eigenvalue weighted by molar-refractivity contribution is 0.0740. The Hall–Kier alpha value is -3.68. The molecule has 1 amide bonds. The van der Waals surface area contributed by atoms with Crippen LogP contribution in [0, 0.1) is 0 Å². The van der Waals surface area contributed by atoms with Crippen molar-refractivity contribution < 1.29 is 19.1 Å². The van der Waals surface area contributed by atoms with Crippen LogP contribution in [0.15, 0.2) is 77.9 Å². The molecule has 1 aromatic heterocycles. The second-order valence-electron chi connectivity index (χ2n) is 6.63. The largest absolute Gasteiger partial charge is 0.497 e. The van der Waals surface area contributed by atoms with Gasteiger partial charge in [-0.1, -0.05) is 41.9 Å². The number of carbonyl (C=O) groups is 2. The first-order chi connectivity index (χ1) is 15.5. The Morgan fingerprint density at radius 3 is 2.53 bits per heavy atom. The van der Waals surface area contributed by atoms with Crippen LogP contribution < -0.4 is 14.9 Å². The third-order valence-electron chi connectivity index (χ3n) is 4.52. The Morgan fingerprint density at radius 1 is 1.00 bits per heavy atom. The van der Waals surface area contributed by atoms with Crippen molar-refractivity contribution in [3.63, 3.8) is 0 Å². The minimum Gasteiger partial charge on any atom is -0.497 e. The fourth-order valence-corrected chi connectivity index (χ4v) is 4.31. The van der Waals surface area contributed by atoms with Crippen LogP contribution >= 0.6 is 22.9 Å². The zero-order valence-corrected chi connectivity index (χ0v) is 18.4. The number of halogens is 1. The summed E-state index contributed by atoms with van der Waals surface area (Å²) in [6.45, 7) is 0.